The molecule has 0 bridgehead atoms. The van der Waals surface area contributed by atoms with Crippen LogP contribution in [0.3, 0.4) is 0 Å². The number of hydrogen-bond donors (Lipinski definition) is 2. The van der Waals surface area contributed by atoms with Gasteiger partial charge in [-0.05, 0) is 0 Å². The fraction of sp³-hybridized carbons (Fsp3) is 0.600. The van der Waals surface area contributed by atoms with Crippen LogP contribution in [0.4, 0.5) is 0 Å². The van der Waals surface area contributed by atoms with Crippen molar-refractivity contribution < 1.29 is 22.7 Å². The van der Waals surface area contributed by atoms with Crippen molar-refractivity contribution in [2.45, 2.75) is 20.3 Å². The summed E-state index contributed by atoms with van der Waals surface area (Å²) >= 11 is 0. The van der Waals surface area contributed by atoms with Gasteiger partial charge in [0, 0.05) is 13.3 Å². The average molecular weight is 176 g/mol. The molecule has 0 aromatic heterocycles. The molecule has 0 saturated heterocycles. The van der Waals surface area contributed by atoms with Crippen LogP contribution >= 0.6 is 0 Å². The SMILES string of the molecule is CC(=O)O.CCC(=O)O.[Ca+2].[H-].[H-]. The molecule has 0 amide bonds. The van der Waals surface area contributed by atoms with Crippen LogP contribution in [0.2, 0.25) is 0 Å². The summed E-state index contributed by atoms with van der Waals surface area (Å²) in [6.07, 6.45) is 0.222. The van der Waals surface area contributed by atoms with Crippen molar-refractivity contribution in [2.24, 2.45) is 0 Å². The molecule has 0 aliphatic carbocycles. The maximum Gasteiger partial charge on any atom is 2.00 e. The standard InChI is InChI=1S/C3H6O2.C2H4O2.Ca.2H/c1-2-3(4)5;1-2(3)4;;;/h2H2,1H3,(H,4,5);1H3,(H,3,4);;;/q;;+2;2*-1. The van der Waals surface area contributed by atoms with E-state index in [1.54, 1.807) is 6.92 Å². The smallest absolute Gasteiger partial charge is 1.00 e. The quantitative estimate of drug-likeness (QED) is 0.568. The molecular weight excluding hydrogens is 164 g/mol. The number of rotatable bonds is 1. The van der Waals surface area contributed by atoms with E-state index in [1.807, 2.05) is 0 Å². The average Bonchev–Trinajstić information content (AvgIpc) is 1.65. The normalized spacial score (nSPS) is 6.20. The van der Waals surface area contributed by atoms with Crippen LogP contribution in [0.5, 0.6) is 0 Å². The molecule has 5 heteroatoms. The van der Waals surface area contributed by atoms with Crippen LogP contribution in [-0.4, -0.2) is 59.9 Å². The number of carboxylic acids is 2. The number of carbonyl (C=O) groups is 2. The summed E-state index contributed by atoms with van der Waals surface area (Å²) in [5.41, 5.74) is 0. The summed E-state index contributed by atoms with van der Waals surface area (Å²) in [7, 11) is 0. The second-order valence-electron chi connectivity index (χ2n) is 1.27. The summed E-state index contributed by atoms with van der Waals surface area (Å²) in [5.74, 6) is -1.58. The fourth-order valence-electron chi connectivity index (χ4n) is 0. The molecule has 0 rings (SSSR count). The van der Waals surface area contributed by atoms with Crippen LogP contribution in [-0.2, 0) is 9.59 Å². The molecule has 0 aliphatic rings. The van der Waals surface area contributed by atoms with Gasteiger partial charge < -0.3 is 13.1 Å². The van der Waals surface area contributed by atoms with Crippen molar-refractivity contribution in [3.8, 4) is 0 Å². The molecule has 2 N–H and O–H groups in total. The first-order chi connectivity index (χ1) is 4.00. The molecule has 0 aliphatic heterocycles. The second-order valence-corrected chi connectivity index (χ2v) is 1.27. The Hall–Kier alpha value is 0.200. The van der Waals surface area contributed by atoms with Gasteiger partial charge in [0.15, 0.2) is 0 Å². The van der Waals surface area contributed by atoms with Crippen molar-refractivity contribution >= 4 is 49.7 Å². The maximum absolute atomic E-state index is 9.37. The molecule has 0 atom stereocenters. The molecule has 0 spiro atoms. The third kappa shape index (κ3) is 87.8. The minimum Gasteiger partial charge on any atom is -1.00 e. The van der Waals surface area contributed by atoms with E-state index in [2.05, 4.69) is 0 Å². The zero-order valence-electron chi connectivity index (χ0n) is 8.13. The summed E-state index contributed by atoms with van der Waals surface area (Å²) in [6.45, 7) is 2.68. The molecule has 0 saturated carbocycles. The third-order valence-corrected chi connectivity index (χ3v) is 0.302. The topological polar surface area (TPSA) is 74.6 Å². The summed E-state index contributed by atoms with van der Waals surface area (Å²) in [5, 5.41) is 15.1. The molecule has 0 unspecified atom stereocenters. The van der Waals surface area contributed by atoms with E-state index in [0.29, 0.717) is 0 Å². The van der Waals surface area contributed by atoms with E-state index >= 15 is 0 Å². The number of hydrogen-bond acceptors (Lipinski definition) is 2. The predicted molar refractivity (Wildman–Crippen MR) is 39.2 cm³/mol. The van der Waals surface area contributed by atoms with E-state index < -0.39 is 11.9 Å². The monoisotopic (exact) mass is 176 g/mol. The van der Waals surface area contributed by atoms with Gasteiger partial charge >= 0.3 is 43.7 Å². The summed E-state index contributed by atoms with van der Waals surface area (Å²) in [6, 6.07) is 0. The van der Waals surface area contributed by atoms with Gasteiger partial charge in [0.1, 0.15) is 0 Å². The van der Waals surface area contributed by atoms with E-state index in [4.69, 9.17) is 15.0 Å². The van der Waals surface area contributed by atoms with E-state index in [-0.39, 0.29) is 47.0 Å². The van der Waals surface area contributed by atoms with Crippen molar-refractivity contribution in [2.75, 3.05) is 0 Å². The zero-order chi connectivity index (χ0) is 7.86. The molecule has 0 heterocycles. The van der Waals surface area contributed by atoms with Crippen LogP contribution in [0.1, 0.15) is 23.1 Å². The minimum atomic E-state index is -0.833. The number of aliphatic carboxylic acids is 2. The van der Waals surface area contributed by atoms with Gasteiger partial charge in [-0.15, -0.1) is 0 Å². The Labute approximate surface area is 92.2 Å². The van der Waals surface area contributed by atoms with Gasteiger partial charge in [-0.2, -0.15) is 0 Å². The third-order valence-electron chi connectivity index (χ3n) is 0.302. The molecule has 0 aromatic rings. The van der Waals surface area contributed by atoms with Gasteiger partial charge in [-0.25, -0.2) is 0 Å². The van der Waals surface area contributed by atoms with E-state index in [9.17, 15) is 4.79 Å². The Morgan fingerprint density at radius 2 is 1.50 bits per heavy atom. The van der Waals surface area contributed by atoms with E-state index in [0.717, 1.165) is 6.92 Å². The molecule has 4 nitrogen and oxygen atoms in total. The fourth-order valence-corrected chi connectivity index (χ4v) is 0. The predicted octanol–water partition coefficient (Wildman–Crippen LogP) is 0.416. The molecule has 0 aromatic carbocycles. The molecule has 58 valence electrons. The van der Waals surface area contributed by atoms with Gasteiger partial charge in [-0.3, -0.25) is 9.59 Å². The van der Waals surface area contributed by atoms with Gasteiger partial charge in [-0.1, -0.05) is 6.92 Å². The van der Waals surface area contributed by atoms with Crippen molar-refractivity contribution in [1.29, 1.82) is 0 Å². The molecule has 10 heavy (non-hydrogen) atoms. The van der Waals surface area contributed by atoms with Crippen molar-refractivity contribution in [3.05, 3.63) is 0 Å². The second kappa shape index (κ2) is 11.9. The first-order valence-corrected chi connectivity index (χ1v) is 2.42. The Morgan fingerprint density at radius 1 is 1.40 bits per heavy atom. The first-order valence-electron chi connectivity index (χ1n) is 2.42. The maximum atomic E-state index is 9.37. The van der Waals surface area contributed by atoms with Crippen LogP contribution in [0, 0.1) is 0 Å². The Balaban J connectivity index is -0.0000000221. The molecule has 0 radical (unpaired) electrons. The number of carboxylic acid groups (broad SMARTS) is 2. The minimum absolute atomic E-state index is 0. The van der Waals surface area contributed by atoms with Gasteiger partial charge in [0.25, 0.3) is 5.97 Å². The van der Waals surface area contributed by atoms with Crippen molar-refractivity contribution in [3.63, 3.8) is 0 Å². The molecule has 0 fully saturated rings. The van der Waals surface area contributed by atoms with Crippen LogP contribution < -0.4 is 0 Å². The Bertz CT molecular complexity index is 106. The largest absolute Gasteiger partial charge is 2.00 e. The van der Waals surface area contributed by atoms with Crippen LogP contribution in [0.15, 0.2) is 0 Å². The zero-order valence-corrected chi connectivity index (χ0v) is 8.33. The van der Waals surface area contributed by atoms with Crippen LogP contribution in [0.25, 0.3) is 0 Å². The summed E-state index contributed by atoms with van der Waals surface area (Å²) < 4.78 is 0. The Morgan fingerprint density at radius 3 is 1.50 bits per heavy atom. The first kappa shape index (κ1) is 16.7. The van der Waals surface area contributed by atoms with E-state index in [1.165, 1.54) is 0 Å². The van der Waals surface area contributed by atoms with Gasteiger partial charge in [0.05, 0.1) is 0 Å². The Kier molecular flexibility index (Phi) is 19.9. The molecular formula is C5H12CaO4. The van der Waals surface area contributed by atoms with Crippen molar-refractivity contribution in [1.82, 2.24) is 0 Å². The van der Waals surface area contributed by atoms with Gasteiger partial charge in [0.2, 0.25) is 0 Å². The summed E-state index contributed by atoms with van der Waals surface area (Å²) in [4.78, 5) is 18.4.